The molecule has 0 aliphatic carbocycles. The highest BCUT2D eigenvalue weighted by molar-refractivity contribution is 7.80. The summed E-state index contributed by atoms with van der Waals surface area (Å²) in [6, 6.07) is 10.6. The Morgan fingerprint density at radius 2 is 2.14 bits per heavy atom. The van der Waals surface area contributed by atoms with E-state index < -0.39 is 4.92 Å². The molecule has 0 aromatic heterocycles. The minimum Gasteiger partial charge on any atom is -0.493 e. The van der Waals surface area contributed by atoms with Crippen LogP contribution in [0.5, 0.6) is 11.5 Å². The second-order valence-corrected chi connectivity index (χ2v) is 6.32. The Kier molecular flexibility index (Phi) is 8.11. The molecule has 0 saturated carbocycles. The van der Waals surface area contributed by atoms with Gasteiger partial charge in [-0.05, 0) is 36.3 Å². The Hall–Kier alpha value is -3.46. The van der Waals surface area contributed by atoms with Gasteiger partial charge in [-0.2, -0.15) is 5.10 Å². The maximum absolute atomic E-state index is 11.6. The molecule has 2 N–H and O–H groups in total. The topological polar surface area (TPSA) is 98.0 Å². The number of methoxy groups -OCH3 is 1. The number of nitro groups is 1. The van der Waals surface area contributed by atoms with Crippen molar-refractivity contribution in [3.8, 4) is 11.5 Å². The Morgan fingerprint density at radius 3 is 2.79 bits per heavy atom. The first-order valence-corrected chi connectivity index (χ1v) is 9.08. The summed E-state index contributed by atoms with van der Waals surface area (Å²) in [5.41, 5.74) is 4.82. The van der Waals surface area contributed by atoms with Crippen LogP contribution in [0.1, 0.15) is 16.7 Å². The number of benzene rings is 2. The molecule has 2 aromatic carbocycles. The molecule has 0 bridgehead atoms. The molecular weight excluding hydrogens is 392 g/mol. The fraction of sp³-hybridized carbons (Fsp3) is 0.200. The van der Waals surface area contributed by atoms with Crippen molar-refractivity contribution < 1.29 is 14.4 Å². The third-order valence-electron chi connectivity index (χ3n) is 3.89. The smallest absolute Gasteiger partial charge is 0.315 e. The van der Waals surface area contributed by atoms with E-state index in [2.05, 4.69) is 22.4 Å². The predicted molar refractivity (Wildman–Crippen MR) is 117 cm³/mol. The minimum absolute atomic E-state index is 0.0639. The maximum atomic E-state index is 11.6. The van der Waals surface area contributed by atoms with Crippen molar-refractivity contribution in [3.05, 3.63) is 75.9 Å². The monoisotopic (exact) mass is 414 g/mol. The summed E-state index contributed by atoms with van der Waals surface area (Å²) in [6.45, 7) is 6.20. The van der Waals surface area contributed by atoms with Gasteiger partial charge in [0.15, 0.2) is 10.9 Å². The van der Waals surface area contributed by atoms with E-state index in [1.807, 2.05) is 31.2 Å². The molecule has 0 aliphatic rings. The Bertz CT molecular complexity index is 931. The van der Waals surface area contributed by atoms with Crippen LogP contribution in [0.4, 0.5) is 5.69 Å². The zero-order chi connectivity index (χ0) is 21.2. The molecule has 29 heavy (non-hydrogen) atoms. The quantitative estimate of drug-likeness (QED) is 0.213. The van der Waals surface area contributed by atoms with Gasteiger partial charge in [-0.3, -0.25) is 15.5 Å². The highest BCUT2D eigenvalue weighted by Gasteiger charge is 2.22. The minimum atomic E-state index is -0.517. The molecule has 2 rings (SSSR count). The van der Waals surface area contributed by atoms with Crippen LogP contribution in [-0.4, -0.2) is 29.9 Å². The number of hydrogen-bond acceptors (Lipinski definition) is 6. The molecule has 0 unspecified atom stereocenters. The van der Waals surface area contributed by atoms with Gasteiger partial charge in [-0.1, -0.05) is 30.3 Å². The van der Waals surface area contributed by atoms with Gasteiger partial charge in [-0.25, -0.2) is 0 Å². The number of ether oxygens (including phenoxy) is 2. The van der Waals surface area contributed by atoms with Gasteiger partial charge in [0.05, 0.1) is 18.2 Å². The van der Waals surface area contributed by atoms with Crippen LogP contribution in [0.25, 0.3) is 0 Å². The first kappa shape index (κ1) is 21.8. The summed E-state index contributed by atoms with van der Waals surface area (Å²) in [6.07, 6.45) is 3.06. The molecule has 0 heterocycles. The number of thiocarbonyl (C=S) groups is 1. The average Bonchev–Trinajstić information content (AvgIpc) is 2.71. The van der Waals surface area contributed by atoms with E-state index in [-0.39, 0.29) is 23.8 Å². The molecule has 0 amide bonds. The molecule has 9 heteroatoms. The van der Waals surface area contributed by atoms with Crippen LogP contribution >= 0.6 is 12.2 Å². The van der Waals surface area contributed by atoms with Crippen molar-refractivity contribution >= 4 is 29.2 Å². The lowest BCUT2D eigenvalue weighted by atomic mass is 10.1. The molecule has 8 nitrogen and oxygen atoms in total. The molecule has 0 spiro atoms. The summed E-state index contributed by atoms with van der Waals surface area (Å²) >= 11 is 5.03. The van der Waals surface area contributed by atoms with Crippen LogP contribution in [0.15, 0.2) is 54.2 Å². The summed E-state index contributed by atoms with van der Waals surface area (Å²) in [7, 11) is 1.42. The van der Waals surface area contributed by atoms with Gasteiger partial charge in [0.1, 0.15) is 6.61 Å². The van der Waals surface area contributed by atoms with Crippen LogP contribution in [-0.2, 0) is 6.61 Å². The van der Waals surface area contributed by atoms with Crippen LogP contribution in [0, 0.1) is 17.0 Å². The molecule has 152 valence electrons. The van der Waals surface area contributed by atoms with E-state index in [4.69, 9.17) is 21.7 Å². The van der Waals surface area contributed by atoms with Gasteiger partial charge in [0.25, 0.3) is 0 Å². The fourth-order valence-electron chi connectivity index (χ4n) is 2.41. The number of nitrogens with one attached hydrogen (secondary N) is 2. The number of hydrogen-bond donors (Lipinski definition) is 2. The van der Waals surface area contributed by atoms with Crippen molar-refractivity contribution in [2.75, 3.05) is 13.7 Å². The average molecular weight is 414 g/mol. The van der Waals surface area contributed by atoms with Gasteiger partial charge >= 0.3 is 5.69 Å². The van der Waals surface area contributed by atoms with E-state index in [9.17, 15) is 10.1 Å². The lowest BCUT2D eigenvalue weighted by Crippen LogP contribution is -2.31. The first-order chi connectivity index (χ1) is 14.0. The second kappa shape index (κ2) is 10.8. The largest absolute Gasteiger partial charge is 0.493 e. The summed E-state index contributed by atoms with van der Waals surface area (Å²) in [4.78, 5) is 11.1. The Labute approximate surface area is 174 Å². The predicted octanol–water partition coefficient (Wildman–Crippen LogP) is 3.47. The van der Waals surface area contributed by atoms with Crippen molar-refractivity contribution in [1.82, 2.24) is 10.7 Å². The van der Waals surface area contributed by atoms with Crippen molar-refractivity contribution in [1.29, 1.82) is 0 Å². The second-order valence-electron chi connectivity index (χ2n) is 5.91. The number of rotatable bonds is 9. The number of nitro benzene ring substituents is 1. The summed E-state index contributed by atoms with van der Waals surface area (Å²) < 4.78 is 11.1. The number of aryl methyl sites for hydroxylation is 1. The summed E-state index contributed by atoms with van der Waals surface area (Å²) in [5, 5.41) is 18.7. The van der Waals surface area contributed by atoms with Crippen molar-refractivity contribution in [3.63, 3.8) is 0 Å². The van der Waals surface area contributed by atoms with Crippen LogP contribution < -0.4 is 20.2 Å². The SMILES string of the molecule is C=CCNC(=S)N/N=C/c1cc(OC)c(OCc2ccccc2C)c([N+](=O)[O-])c1. The lowest BCUT2D eigenvalue weighted by molar-refractivity contribution is -0.386. The normalized spacial score (nSPS) is 10.4. The molecule has 2 aromatic rings. The number of nitrogens with zero attached hydrogens (tertiary/aromatic N) is 2. The van der Waals surface area contributed by atoms with E-state index in [1.165, 1.54) is 19.4 Å². The van der Waals surface area contributed by atoms with Crippen molar-refractivity contribution in [2.24, 2.45) is 5.10 Å². The first-order valence-electron chi connectivity index (χ1n) is 8.67. The van der Waals surface area contributed by atoms with Gasteiger partial charge in [-0.15, -0.1) is 6.58 Å². The van der Waals surface area contributed by atoms with E-state index in [0.29, 0.717) is 17.2 Å². The third kappa shape index (κ3) is 6.28. The summed E-state index contributed by atoms with van der Waals surface area (Å²) in [5.74, 6) is 0.302. The Balaban J connectivity index is 2.23. The molecular formula is C20H22N4O4S. The highest BCUT2D eigenvalue weighted by Crippen LogP contribution is 2.38. The van der Waals surface area contributed by atoms with E-state index in [0.717, 1.165) is 11.1 Å². The zero-order valence-electron chi connectivity index (χ0n) is 16.2. The van der Waals surface area contributed by atoms with Crippen LogP contribution in [0.3, 0.4) is 0 Å². The maximum Gasteiger partial charge on any atom is 0.315 e. The van der Waals surface area contributed by atoms with Crippen molar-refractivity contribution in [2.45, 2.75) is 13.5 Å². The molecule has 0 saturated heterocycles. The van der Waals surface area contributed by atoms with E-state index >= 15 is 0 Å². The number of hydrazone groups is 1. The van der Waals surface area contributed by atoms with Gasteiger partial charge in [0.2, 0.25) is 5.75 Å². The van der Waals surface area contributed by atoms with Gasteiger partial charge in [0, 0.05) is 18.2 Å². The molecule has 0 fully saturated rings. The van der Waals surface area contributed by atoms with Gasteiger partial charge < -0.3 is 14.8 Å². The third-order valence-corrected chi connectivity index (χ3v) is 4.13. The van der Waals surface area contributed by atoms with Crippen LogP contribution in [0.2, 0.25) is 0 Å². The molecule has 0 atom stereocenters. The highest BCUT2D eigenvalue weighted by atomic mass is 32.1. The zero-order valence-corrected chi connectivity index (χ0v) is 17.0. The fourth-order valence-corrected chi connectivity index (χ4v) is 2.54. The van der Waals surface area contributed by atoms with E-state index in [1.54, 1.807) is 12.1 Å². The molecule has 0 aliphatic heterocycles. The Morgan fingerprint density at radius 1 is 1.38 bits per heavy atom. The molecule has 0 radical (unpaired) electrons. The standard InChI is InChI=1S/C20H22N4O4S/c1-4-9-21-20(29)23-22-12-15-10-17(24(25)26)19(18(11-15)27-3)28-13-16-8-6-5-7-14(16)2/h4-8,10-12H,1,9,13H2,2-3H3,(H2,21,23,29)/b22-12+. The lowest BCUT2D eigenvalue weighted by Gasteiger charge is -2.13.